The summed E-state index contributed by atoms with van der Waals surface area (Å²) < 4.78 is 40.8. The molecule has 2 rings (SSSR count). The number of halogens is 3. The standard InChI is InChI=1S/C20H19F3N4O3/c21-20(22,23)14-30-18-9-7-15(13-25-18)26-17(28)8-10-19(29)27(12-4-11-24)16-5-2-1-3-6-16/h1-3,5-7,9,13H,4,8,10,12,14H2,(H,26,28). The van der Waals surface area contributed by atoms with E-state index in [1.54, 1.807) is 30.3 Å². The average molecular weight is 420 g/mol. The molecule has 0 radical (unpaired) electrons. The van der Waals surface area contributed by atoms with Crippen molar-refractivity contribution in [3.8, 4) is 11.9 Å². The number of hydrogen-bond donors (Lipinski definition) is 1. The van der Waals surface area contributed by atoms with Gasteiger partial charge in [-0.25, -0.2) is 4.98 Å². The summed E-state index contributed by atoms with van der Waals surface area (Å²) in [6, 6.07) is 13.4. The molecular weight excluding hydrogens is 401 g/mol. The topological polar surface area (TPSA) is 95.3 Å². The van der Waals surface area contributed by atoms with Crippen molar-refractivity contribution in [2.24, 2.45) is 0 Å². The Balaban J connectivity index is 1.86. The van der Waals surface area contributed by atoms with Crippen LogP contribution >= 0.6 is 0 Å². The van der Waals surface area contributed by atoms with Crippen molar-refractivity contribution in [2.75, 3.05) is 23.4 Å². The molecule has 0 atom stereocenters. The van der Waals surface area contributed by atoms with E-state index in [0.29, 0.717) is 5.69 Å². The molecular formula is C20H19F3N4O3. The minimum Gasteiger partial charge on any atom is -0.468 e. The molecule has 30 heavy (non-hydrogen) atoms. The van der Waals surface area contributed by atoms with E-state index in [0.717, 1.165) is 6.20 Å². The monoisotopic (exact) mass is 420 g/mol. The molecule has 0 aliphatic rings. The summed E-state index contributed by atoms with van der Waals surface area (Å²) in [5.41, 5.74) is 0.896. The van der Waals surface area contributed by atoms with E-state index >= 15 is 0 Å². The summed E-state index contributed by atoms with van der Waals surface area (Å²) in [5.74, 6) is -0.987. The highest BCUT2D eigenvalue weighted by atomic mass is 19.4. The third-order valence-electron chi connectivity index (χ3n) is 3.79. The zero-order chi connectivity index (χ0) is 22.0. The van der Waals surface area contributed by atoms with Crippen molar-refractivity contribution < 1.29 is 27.5 Å². The molecule has 0 saturated heterocycles. The van der Waals surface area contributed by atoms with Gasteiger partial charge in [-0.2, -0.15) is 18.4 Å². The number of benzene rings is 1. The van der Waals surface area contributed by atoms with Crippen molar-refractivity contribution in [1.29, 1.82) is 5.26 Å². The number of carbonyl (C=O) groups excluding carboxylic acids is 2. The van der Waals surface area contributed by atoms with Crippen LogP contribution in [0.15, 0.2) is 48.7 Å². The summed E-state index contributed by atoms with van der Waals surface area (Å²) in [4.78, 5) is 29.7. The molecule has 0 aliphatic heterocycles. The Morgan fingerprint density at radius 3 is 2.47 bits per heavy atom. The van der Waals surface area contributed by atoms with Gasteiger partial charge in [-0.3, -0.25) is 9.59 Å². The predicted octanol–water partition coefficient (Wildman–Crippen LogP) is 3.69. The lowest BCUT2D eigenvalue weighted by Gasteiger charge is -2.21. The van der Waals surface area contributed by atoms with Crippen LogP contribution in [0.3, 0.4) is 0 Å². The minimum absolute atomic E-state index is 0.0770. The van der Waals surface area contributed by atoms with E-state index < -0.39 is 18.7 Å². The normalized spacial score (nSPS) is 10.7. The van der Waals surface area contributed by atoms with Crippen LogP contribution in [0.1, 0.15) is 19.3 Å². The number of nitriles is 1. The number of rotatable bonds is 9. The number of pyridine rings is 1. The molecule has 10 heteroatoms. The van der Waals surface area contributed by atoms with Crippen LogP contribution < -0.4 is 15.0 Å². The first-order chi connectivity index (χ1) is 14.3. The van der Waals surface area contributed by atoms with E-state index in [-0.39, 0.29) is 43.3 Å². The number of ether oxygens (including phenoxy) is 1. The largest absolute Gasteiger partial charge is 0.468 e. The highest BCUT2D eigenvalue weighted by Gasteiger charge is 2.28. The maximum Gasteiger partial charge on any atom is 0.422 e. The third kappa shape index (κ3) is 7.79. The lowest BCUT2D eigenvalue weighted by Crippen LogP contribution is -2.32. The molecule has 1 aromatic carbocycles. The van der Waals surface area contributed by atoms with Gasteiger partial charge in [0, 0.05) is 31.1 Å². The highest BCUT2D eigenvalue weighted by Crippen LogP contribution is 2.19. The van der Waals surface area contributed by atoms with Gasteiger partial charge in [-0.05, 0) is 18.2 Å². The number of nitrogens with zero attached hydrogens (tertiary/aromatic N) is 3. The van der Waals surface area contributed by atoms with Crippen LogP contribution in [0.4, 0.5) is 24.5 Å². The Labute approximate surface area is 171 Å². The first-order valence-electron chi connectivity index (χ1n) is 8.96. The average Bonchev–Trinajstić information content (AvgIpc) is 2.72. The summed E-state index contributed by atoms with van der Waals surface area (Å²) in [5, 5.41) is 11.3. The van der Waals surface area contributed by atoms with E-state index in [4.69, 9.17) is 5.26 Å². The smallest absolute Gasteiger partial charge is 0.422 e. The van der Waals surface area contributed by atoms with Crippen molar-refractivity contribution in [3.05, 3.63) is 48.7 Å². The molecule has 0 unspecified atom stereocenters. The van der Waals surface area contributed by atoms with Crippen LogP contribution in [-0.2, 0) is 9.59 Å². The molecule has 1 aromatic heterocycles. The number of hydrogen-bond acceptors (Lipinski definition) is 5. The van der Waals surface area contributed by atoms with Crippen LogP contribution in [0, 0.1) is 11.3 Å². The summed E-state index contributed by atoms with van der Waals surface area (Å²) in [6.45, 7) is -1.25. The zero-order valence-corrected chi connectivity index (χ0v) is 15.9. The van der Waals surface area contributed by atoms with E-state index in [1.165, 1.54) is 17.0 Å². The quantitative estimate of drug-likeness (QED) is 0.668. The molecule has 0 bridgehead atoms. The molecule has 2 aromatic rings. The van der Waals surface area contributed by atoms with Crippen LogP contribution in [0.5, 0.6) is 5.88 Å². The minimum atomic E-state index is -4.47. The fourth-order valence-corrected chi connectivity index (χ4v) is 2.44. The van der Waals surface area contributed by atoms with Gasteiger partial charge in [0.2, 0.25) is 17.7 Å². The molecule has 2 amide bonds. The van der Waals surface area contributed by atoms with Crippen LogP contribution in [0.25, 0.3) is 0 Å². The highest BCUT2D eigenvalue weighted by molar-refractivity contribution is 5.98. The molecule has 0 fully saturated rings. The number of nitrogens with one attached hydrogen (secondary N) is 1. The van der Waals surface area contributed by atoms with E-state index in [1.807, 2.05) is 6.07 Å². The van der Waals surface area contributed by atoms with Crippen molar-refractivity contribution in [3.63, 3.8) is 0 Å². The van der Waals surface area contributed by atoms with Gasteiger partial charge in [0.15, 0.2) is 6.61 Å². The predicted molar refractivity (Wildman–Crippen MR) is 103 cm³/mol. The third-order valence-corrected chi connectivity index (χ3v) is 3.79. The Hall–Kier alpha value is -3.61. The van der Waals surface area contributed by atoms with E-state index in [9.17, 15) is 22.8 Å². The van der Waals surface area contributed by atoms with Crippen LogP contribution in [-0.4, -0.2) is 36.1 Å². The molecule has 0 spiro atoms. The number of amides is 2. The number of carbonyl (C=O) groups is 2. The first-order valence-corrected chi connectivity index (χ1v) is 8.96. The summed E-state index contributed by atoms with van der Waals surface area (Å²) in [7, 11) is 0. The summed E-state index contributed by atoms with van der Waals surface area (Å²) >= 11 is 0. The van der Waals surface area contributed by atoms with Gasteiger partial charge in [0.1, 0.15) is 0 Å². The van der Waals surface area contributed by atoms with Crippen molar-refractivity contribution in [1.82, 2.24) is 4.98 Å². The van der Waals surface area contributed by atoms with Crippen LogP contribution in [0.2, 0.25) is 0 Å². The second-order valence-corrected chi connectivity index (χ2v) is 6.13. The lowest BCUT2D eigenvalue weighted by molar-refractivity contribution is -0.154. The molecule has 1 N–H and O–H groups in total. The fourth-order valence-electron chi connectivity index (χ4n) is 2.44. The Kier molecular flexibility index (Phi) is 8.17. The fraction of sp³-hybridized carbons (Fsp3) is 0.300. The second-order valence-electron chi connectivity index (χ2n) is 6.13. The van der Waals surface area contributed by atoms with Gasteiger partial charge in [-0.1, -0.05) is 18.2 Å². The molecule has 0 aliphatic carbocycles. The Bertz CT molecular complexity index is 881. The van der Waals surface area contributed by atoms with Gasteiger partial charge in [0.25, 0.3) is 0 Å². The molecule has 0 saturated carbocycles. The Morgan fingerprint density at radius 2 is 1.87 bits per heavy atom. The van der Waals surface area contributed by atoms with Gasteiger partial charge >= 0.3 is 6.18 Å². The van der Waals surface area contributed by atoms with E-state index in [2.05, 4.69) is 15.0 Å². The molecule has 158 valence electrons. The molecule has 7 nitrogen and oxygen atoms in total. The summed E-state index contributed by atoms with van der Waals surface area (Å²) in [6.07, 6.45) is -3.34. The SMILES string of the molecule is N#CCCN(C(=O)CCC(=O)Nc1ccc(OCC(F)(F)F)nc1)c1ccccc1. The number of alkyl halides is 3. The second kappa shape index (κ2) is 10.8. The lowest BCUT2D eigenvalue weighted by atomic mass is 10.2. The zero-order valence-electron chi connectivity index (χ0n) is 15.9. The van der Waals surface area contributed by atoms with Crippen molar-refractivity contribution in [2.45, 2.75) is 25.4 Å². The first kappa shape index (κ1) is 22.7. The van der Waals surface area contributed by atoms with Gasteiger partial charge < -0.3 is 15.0 Å². The van der Waals surface area contributed by atoms with Crippen molar-refractivity contribution >= 4 is 23.2 Å². The van der Waals surface area contributed by atoms with Gasteiger partial charge in [-0.15, -0.1) is 0 Å². The number of para-hydroxylation sites is 1. The maximum absolute atomic E-state index is 12.5. The number of aromatic nitrogens is 1. The maximum atomic E-state index is 12.5. The molecule has 1 heterocycles. The van der Waals surface area contributed by atoms with Gasteiger partial charge in [0.05, 0.1) is 24.4 Å². The number of anilines is 2. The Morgan fingerprint density at radius 1 is 1.13 bits per heavy atom.